The number of rotatable bonds is 17. The van der Waals surface area contributed by atoms with Crippen molar-refractivity contribution in [3.8, 4) is 6.07 Å². The smallest absolute Gasteiger partial charge is 0.293 e. The predicted molar refractivity (Wildman–Crippen MR) is 212 cm³/mol. The molecule has 0 unspecified atom stereocenters. The highest BCUT2D eigenvalue weighted by Gasteiger charge is 2.42. The topological polar surface area (TPSA) is 205 Å². The highest BCUT2D eigenvalue weighted by Crippen LogP contribution is 2.44. The second-order valence-electron chi connectivity index (χ2n) is 14.2. The Morgan fingerprint density at radius 2 is 0.965 bits per heavy atom. The second-order valence-corrected chi connectivity index (χ2v) is 14.2. The number of nitriles is 1. The lowest BCUT2D eigenvalue weighted by Gasteiger charge is -2.35. The number of benzene rings is 4. The van der Waals surface area contributed by atoms with Crippen LogP contribution in [-0.2, 0) is 101 Å². The summed E-state index contributed by atoms with van der Waals surface area (Å²) in [6, 6.07) is 26.3. The third-order valence-electron chi connectivity index (χ3n) is 10.9. The van der Waals surface area contributed by atoms with Crippen LogP contribution in [0.1, 0.15) is 92.9 Å². The molecule has 2 aliphatic rings. The molecule has 296 valence electrons. The molecule has 0 radical (unpaired) electrons. The van der Waals surface area contributed by atoms with Crippen LogP contribution in [0, 0.1) is 16.7 Å². The normalized spacial score (nSPS) is 14.1. The molecule has 0 aliphatic heterocycles. The van der Waals surface area contributed by atoms with Gasteiger partial charge in [-0.2, -0.15) is 5.26 Å². The molecule has 0 saturated heterocycles. The lowest BCUT2D eigenvalue weighted by Crippen LogP contribution is -2.44. The molecule has 6 rings (SSSR count). The Kier molecular flexibility index (Phi) is 14.3. The first-order valence-electron chi connectivity index (χ1n) is 18.9. The van der Waals surface area contributed by atoms with Gasteiger partial charge in [0, 0.05) is 0 Å². The summed E-state index contributed by atoms with van der Waals surface area (Å²) in [4.78, 5) is 42.1. The van der Waals surface area contributed by atoms with E-state index >= 15 is 0 Å². The third-order valence-corrected chi connectivity index (χ3v) is 10.9. The molecule has 0 bridgehead atoms. The first-order chi connectivity index (χ1) is 27.7. The van der Waals surface area contributed by atoms with Crippen LogP contribution in [0.3, 0.4) is 0 Å². The van der Waals surface area contributed by atoms with Crippen molar-refractivity contribution in [2.24, 2.45) is 11.5 Å². The zero-order chi connectivity index (χ0) is 40.8. The average molecular weight is 773 g/mol. The monoisotopic (exact) mass is 772 g/mol. The summed E-state index contributed by atoms with van der Waals surface area (Å²) in [5, 5.41) is 18.8. The zero-order valence-electron chi connectivity index (χ0n) is 32.1. The summed E-state index contributed by atoms with van der Waals surface area (Å²) in [7, 11) is 0. The standard InChI is InChI=1S/C23H23NO4.C22H25N3O4/c1-2-9-23(14-24)21-7-3-17(12-27-15-25)10-19(21)5-6-20-11-18(13-28-16-26)4-8-22(20)23;23-8-7-22(21(24)25)19-5-1-15(11-28-13-26)9-17(19)3-4-18-10-16(12-29-14-27)2-6-20(18)22/h3-4,7-8,10-11,15-16H,2,5-6,9,12-13H2,1H3;1-2,5-6,9-10,13-14H,3-4,7-8,11-12,23H2,(H3,24,25). The fraction of sp³-hybridized carbons (Fsp3) is 0.333. The van der Waals surface area contributed by atoms with Crippen LogP contribution >= 0.6 is 0 Å². The van der Waals surface area contributed by atoms with Gasteiger partial charge >= 0.3 is 0 Å². The van der Waals surface area contributed by atoms with E-state index in [1.165, 1.54) is 0 Å². The lowest BCUT2D eigenvalue weighted by atomic mass is 9.69. The number of carbonyl (C=O) groups is 4. The number of ether oxygens (including phenoxy) is 4. The summed E-state index contributed by atoms with van der Waals surface area (Å²) in [6.07, 6.45) is 5.17. The van der Waals surface area contributed by atoms with Gasteiger partial charge in [-0.05, 0) is 112 Å². The van der Waals surface area contributed by atoms with Gasteiger partial charge in [0.15, 0.2) is 0 Å². The minimum absolute atomic E-state index is 0.0427. The largest absolute Gasteiger partial charge is 0.463 e. The molecule has 12 heteroatoms. The van der Waals surface area contributed by atoms with Gasteiger partial charge in [0.1, 0.15) is 37.7 Å². The Labute approximate surface area is 332 Å². The van der Waals surface area contributed by atoms with E-state index in [2.05, 4.69) is 13.0 Å². The molecule has 4 aromatic rings. The number of nitrogens with two attached hydrogens (primary N) is 2. The number of nitrogens with one attached hydrogen (secondary N) is 1. The zero-order valence-corrected chi connectivity index (χ0v) is 32.1. The lowest BCUT2D eigenvalue weighted by molar-refractivity contribution is -0.130. The van der Waals surface area contributed by atoms with Gasteiger partial charge in [-0.1, -0.05) is 86.1 Å². The van der Waals surface area contributed by atoms with E-state index in [0.717, 1.165) is 105 Å². The van der Waals surface area contributed by atoms with E-state index < -0.39 is 10.8 Å². The second kappa shape index (κ2) is 19.5. The van der Waals surface area contributed by atoms with E-state index in [-0.39, 0.29) is 32.3 Å². The van der Waals surface area contributed by atoms with Crippen molar-refractivity contribution in [2.75, 3.05) is 6.54 Å². The third kappa shape index (κ3) is 8.90. The highest BCUT2D eigenvalue weighted by atomic mass is 16.5. The summed E-state index contributed by atoms with van der Waals surface area (Å²) in [5.74, 6) is 0.0427. The maximum absolute atomic E-state index is 10.5. The molecule has 5 N–H and O–H groups in total. The fourth-order valence-corrected chi connectivity index (χ4v) is 8.52. The molecule has 0 fully saturated rings. The Bertz CT molecular complexity index is 2020. The summed E-state index contributed by atoms with van der Waals surface area (Å²) in [5.41, 5.74) is 22.6. The Balaban J connectivity index is 0.000000218. The van der Waals surface area contributed by atoms with Gasteiger partial charge in [-0.15, -0.1) is 0 Å². The van der Waals surface area contributed by atoms with Gasteiger partial charge in [0.05, 0.1) is 11.5 Å². The van der Waals surface area contributed by atoms with Crippen LogP contribution in [0.25, 0.3) is 0 Å². The van der Waals surface area contributed by atoms with Crippen LogP contribution in [-0.4, -0.2) is 38.3 Å². The van der Waals surface area contributed by atoms with Gasteiger partial charge in [-0.25, -0.2) is 0 Å². The van der Waals surface area contributed by atoms with Crippen LogP contribution in [0.5, 0.6) is 0 Å². The molecule has 0 amide bonds. The van der Waals surface area contributed by atoms with Crippen LogP contribution in [0.15, 0.2) is 72.8 Å². The molecule has 0 heterocycles. The maximum Gasteiger partial charge on any atom is 0.293 e. The minimum atomic E-state index is -0.829. The molecule has 0 atom stereocenters. The molecular weight excluding hydrogens is 725 g/mol. The molecule has 4 aromatic carbocycles. The van der Waals surface area contributed by atoms with E-state index in [9.17, 15) is 24.4 Å². The number of hydrogen-bond acceptors (Lipinski definition) is 11. The molecule has 12 nitrogen and oxygen atoms in total. The molecule has 2 aliphatic carbocycles. The number of fused-ring (bicyclic) bond motifs is 4. The Morgan fingerprint density at radius 3 is 1.25 bits per heavy atom. The molecule has 0 aromatic heterocycles. The van der Waals surface area contributed by atoms with Crippen LogP contribution in [0.2, 0.25) is 0 Å². The minimum Gasteiger partial charge on any atom is -0.463 e. The summed E-state index contributed by atoms with van der Waals surface area (Å²) in [6.45, 7) is 5.04. The fourth-order valence-electron chi connectivity index (χ4n) is 8.52. The molecule has 0 saturated carbocycles. The predicted octanol–water partition coefficient (Wildman–Crippen LogP) is 5.44. The molecular formula is C45H48N4O8. The number of carbonyl (C=O) groups excluding carboxylic acids is 4. The van der Waals surface area contributed by atoms with Gasteiger partial charge < -0.3 is 30.4 Å². The summed E-state index contributed by atoms with van der Waals surface area (Å²) >= 11 is 0. The van der Waals surface area contributed by atoms with Crippen LogP contribution < -0.4 is 11.5 Å². The number of nitrogens with zero attached hydrogens (tertiary/aromatic N) is 1. The maximum atomic E-state index is 10.5. The van der Waals surface area contributed by atoms with Gasteiger partial charge in [0.25, 0.3) is 25.9 Å². The van der Waals surface area contributed by atoms with Crippen molar-refractivity contribution in [2.45, 2.75) is 89.1 Å². The van der Waals surface area contributed by atoms with Crippen molar-refractivity contribution in [3.63, 3.8) is 0 Å². The molecule has 57 heavy (non-hydrogen) atoms. The van der Waals surface area contributed by atoms with Crippen molar-refractivity contribution >= 4 is 31.7 Å². The van der Waals surface area contributed by atoms with Crippen molar-refractivity contribution < 1.29 is 38.1 Å². The van der Waals surface area contributed by atoms with Crippen molar-refractivity contribution in [1.29, 1.82) is 10.7 Å². The van der Waals surface area contributed by atoms with E-state index in [4.69, 9.17) is 35.8 Å². The van der Waals surface area contributed by atoms with Crippen LogP contribution in [0.4, 0.5) is 0 Å². The van der Waals surface area contributed by atoms with E-state index in [0.29, 0.717) is 38.9 Å². The number of aryl methyl sites for hydroxylation is 4. The SMILES string of the molecule is CCCC1(C#N)c2ccc(COC=O)cc2CCc2cc(COC=O)ccc21.N=C(N)C1(CCN)c2ccc(COC=O)cc2CCc2cc(COC=O)ccc21. The van der Waals surface area contributed by atoms with E-state index in [1.54, 1.807) is 0 Å². The first kappa shape index (κ1) is 41.8. The quantitative estimate of drug-likeness (QED) is 0.0533. The number of hydrogen-bond donors (Lipinski definition) is 3. The average Bonchev–Trinajstić information content (AvgIpc) is 3.45. The van der Waals surface area contributed by atoms with Gasteiger partial charge in [0.2, 0.25) is 0 Å². The molecule has 0 spiro atoms. The van der Waals surface area contributed by atoms with E-state index in [1.807, 2.05) is 72.8 Å². The summed E-state index contributed by atoms with van der Waals surface area (Å²) < 4.78 is 19.6. The first-order valence-corrected chi connectivity index (χ1v) is 18.9. The van der Waals surface area contributed by atoms with Crippen molar-refractivity contribution in [3.05, 3.63) is 140 Å². The number of amidine groups is 1. The van der Waals surface area contributed by atoms with Gasteiger partial charge in [-0.3, -0.25) is 24.6 Å². The Hall–Kier alpha value is -6.32. The van der Waals surface area contributed by atoms with Crippen molar-refractivity contribution in [1.82, 2.24) is 0 Å². The highest BCUT2D eigenvalue weighted by molar-refractivity contribution is 5.94. The Morgan fingerprint density at radius 1 is 0.632 bits per heavy atom.